The second kappa shape index (κ2) is 13.6. The first-order chi connectivity index (χ1) is 21.5. The molecule has 2 bridgehead atoms. The van der Waals surface area contributed by atoms with Gasteiger partial charge >= 0.3 is 0 Å². The molecule has 0 aromatic heterocycles. The van der Waals surface area contributed by atoms with Crippen molar-refractivity contribution in [1.29, 1.82) is 0 Å². The summed E-state index contributed by atoms with van der Waals surface area (Å²) in [5.74, 6) is 2.47. The van der Waals surface area contributed by atoms with Crippen LogP contribution < -0.4 is 9.47 Å². The number of carbonyl (C=O) groups excluding carboxylic acids is 1. The van der Waals surface area contributed by atoms with E-state index in [1.165, 1.54) is 30.4 Å². The fourth-order valence-corrected chi connectivity index (χ4v) is 9.24. The van der Waals surface area contributed by atoms with Crippen LogP contribution in [0.2, 0.25) is 0 Å². The van der Waals surface area contributed by atoms with Crippen LogP contribution in [-0.2, 0) is 23.1 Å². The predicted octanol–water partition coefficient (Wildman–Crippen LogP) is 7.21. The lowest BCUT2D eigenvalue weighted by molar-refractivity contribution is -0.142. The third-order valence-electron chi connectivity index (χ3n) is 11.2. The van der Waals surface area contributed by atoms with E-state index in [1.807, 2.05) is 6.08 Å². The maximum absolute atomic E-state index is 14.0. The van der Waals surface area contributed by atoms with Crippen LogP contribution in [0.5, 0.6) is 17.2 Å². The van der Waals surface area contributed by atoms with Crippen molar-refractivity contribution in [3.63, 3.8) is 0 Å². The molecule has 4 aliphatic rings. The predicted molar refractivity (Wildman–Crippen MR) is 176 cm³/mol. The Balaban J connectivity index is 1.18. The molecule has 1 N–H and O–H groups in total. The Labute approximate surface area is 264 Å². The lowest BCUT2D eigenvalue weighted by Gasteiger charge is -2.60. The number of aryl methyl sites for hydroxylation is 1. The van der Waals surface area contributed by atoms with Crippen molar-refractivity contribution < 1.29 is 19.4 Å². The van der Waals surface area contributed by atoms with Gasteiger partial charge in [-0.2, -0.15) is 0 Å². The summed E-state index contributed by atoms with van der Waals surface area (Å²) in [4.78, 5) is 18.8. The number of phenolic OH excluding ortho intramolecular Hbond substituents is 1. The minimum Gasteiger partial charge on any atom is -0.508 e. The average Bonchev–Trinajstić information content (AvgIpc) is 3.38. The molecular formula is C38H52N2O4. The number of aromatic hydroxyl groups is 1. The van der Waals surface area contributed by atoms with Crippen LogP contribution in [0.25, 0.3) is 0 Å². The van der Waals surface area contributed by atoms with Gasteiger partial charge in [0.25, 0.3) is 0 Å². The number of methoxy groups -OCH3 is 1. The number of amides is 1. The molecule has 6 heteroatoms. The van der Waals surface area contributed by atoms with Gasteiger partial charge in [-0.05, 0) is 69.4 Å². The summed E-state index contributed by atoms with van der Waals surface area (Å²) in [6.07, 6.45) is 15.2. The molecule has 2 aromatic carbocycles. The van der Waals surface area contributed by atoms with Crippen molar-refractivity contribution in [3.8, 4) is 17.2 Å². The zero-order valence-electron chi connectivity index (χ0n) is 26.9. The lowest BCUT2D eigenvalue weighted by Crippen LogP contribution is -2.69. The molecule has 1 saturated carbocycles. The molecule has 1 saturated heterocycles. The topological polar surface area (TPSA) is 62.2 Å². The Morgan fingerprint density at radius 2 is 1.95 bits per heavy atom. The fourth-order valence-electron chi connectivity index (χ4n) is 9.24. The Morgan fingerprint density at radius 3 is 2.73 bits per heavy atom. The first kappa shape index (κ1) is 31.0. The number of piperidine rings is 1. The van der Waals surface area contributed by atoms with Gasteiger partial charge in [0, 0.05) is 48.2 Å². The number of benzene rings is 2. The smallest absolute Gasteiger partial charge is 0.222 e. The molecule has 0 radical (unpaired) electrons. The number of phenols is 1. The van der Waals surface area contributed by atoms with Gasteiger partial charge in [0.15, 0.2) is 11.5 Å². The molecule has 2 aromatic rings. The number of ether oxygens (including phenoxy) is 2. The lowest BCUT2D eigenvalue weighted by atomic mass is 9.50. The summed E-state index contributed by atoms with van der Waals surface area (Å²) < 4.78 is 12.8. The van der Waals surface area contributed by atoms with E-state index in [0.29, 0.717) is 29.9 Å². The standard InChI is InChI=1S/C38H52N2O4/c1-4-6-23-40(34(42)18-14-9-7-8-11-15-27-16-12-10-13-17-27)30-20-19-29-31-25-28-32(41)26-33(43-3)36-35(28)38(29,37(30)44-36)21-24-39(31)22-5-2/h5,10,12-13,16-17,26,29-31,37,41H,2,4,6-9,11,14-15,18-25H2,1,3H3/t29-,30-,31+,37-,38-/m0/s1. The van der Waals surface area contributed by atoms with Gasteiger partial charge in [-0.25, -0.2) is 0 Å². The average molecular weight is 601 g/mol. The number of carbonyl (C=O) groups is 1. The second-order valence-electron chi connectivity index (χ2n) is 13.6. The van der Waals surface area contributed by atoms with Crippen LogP contribution >= 0.6 is 0 Å². The minimum atomic E-state index is -0.205. The van der Waals surface area contributed by atoms with Crippen LogP contribution in [-0.4, -0.2) is 65.7 Å². The molecule has 5 atom stereocenters. The van der Waals surface area contributed by atoms with Crippen LogP contribution in [0, 0.1) is 5.92 Å². The van der Waals surface area contributed by atoms with Gasteiger partial charge in [-0.3, -0.25) is 9.69 Å². The van der Waals surface area contributed by atoms with Crippen LogP contribution in [0.15, 0.2) is 49.1 Å². The quantitative estimate of drug-likeness (QED) is 0.173. The fraction of sp³-hybridized carbons (Fsp3) is 0.605. The van der Waals surface area contributed by atoms with Gasteiger partial charge in [-0.15, -0.1) is 6.58 Å². The van der Waals surface area contributed by atoms with Gasteiger partial charge in [0.1, 0.15) is 11.9 Å². The maximum Gasteiger partial charge on any atom is 0.222 e. The van der Waals surface area contributed by atoms with Crippen LogP contribution in [0.3, 0.4) is 0 Å². The van der Waals surface area contributed by atoms with Gasteiger partial charge in [0.05, 0.1) is 13.2 Å². The van der Waals surface area contributed by atoms with Crippen LogP contribution in [0.4, 0.5) is 0 Å². The summed E-state index contributed by atoms with van der Waals surface area (Å²) in [5, 5.41) is 11.2. The number of hydrogen-bond donors (Lipinski definition) is 1. The van der Waals surface area contributed by atoms with Crippen molar-refractivity contribution in [3.05, 3.63) is 65.7 Å². The van der Waals surface area contributed by atoms with E-state index in [1.54, 1.807) is 13.2 Å². The van der Waals surface area contributed by atoms with Crippen molar-refractivity contribution in [2.24, 2.45) is 5.92 Å². The number of likely N-dealkylation sites (tertiary alicyclic amines) is 1. The van der Waals surface area contributed by atoms with E-state index in [9.17, 15) is 9.90 Å². The normalized spacial score (nSPS) is 26.5. The molecule has 2 heterocycles. The summed E-state index contributed by atoms with van der Waals surface area (Å²) >= 11 is 0. The highest BCUT2D eigenvalue weighted by Gasteiger charge is 2.67. The van der Waals surface area contributed by atoms with Crippen molar-refractivity contribution in [1.82, 2.24) is 9.80 Å². The summed E-state index contributed by atoms with van der Waals surface area (Å²) in [6.45, 7) is 8.86. The number of unbranched alkanes of at least 4 members (excludes halogenated alkanes) is 5. The van der Waals surface area contributed by atoms with E-state index in [4.69, 9.17) is 9.47 Å². The number of nitrogens with zero attached hydrogens (tertiary/aromatic N) is 2. The molecule has 1 amide bonds. The molecule has 6 nitrogen and oxygen atoms in total. The van der Waals surface area contributed by atoms with Gasteiger partial charge in [-0.1, -0.05) is 69.0 Å². The Hall–Kier alpha value is -2.99. The monoisotopic (exact) mass is 600 g/mol. The molecule has 2 aliphatic heterocycles. The van der Waals surface area contributed by atoms with Crippen molar-refractivity contribution in [2.75, 3.05) is 26.7 Å². The zero-order valence-corrected chi connectivity index (χ0v) is 26.9. The molecule has 1 spiro atoms. The highest BCUT2D eigenvalue weighted by Crippen LogP contribution is 2.65. The van der Waals surface area contributed by atoms with E-state index in [-0.39, 0.29) is 23.5 Å². The minimum absolute atomic E-state index is 0.0352. The first-order valence-corrected chi connectivity index (χ1v) is 17.3. The van der Waals surface area contributed by atoms with Crippen LogP contribution in [0.1, 0.15) is 94.2 Å². The summed E-state index contributed by atoms with van der Waals surface area (Å²) in [5.41, 5.74) is 3.42. The van der Waals surface area contributed by atoms with Crippen molar-refractivity contribution in [2.45, 2.75) is 114 Å². The molecule has 2 fully saturated rings. The highest BCUT2D eigenvalue weighted by atomic mass is 16.5. The SMILES string of the molecule is C=CCN1CC[C@]23c4c5c(O)cc(OC)c4O[C@H]2[C@@H](N(CCCC)C(=O)CCCCCCCc2ccccc2)CC[C@H]3[C@H]1C5. The molecule has 0 unspecified atom stereocenters. The third-order valence-corrected chi connectivity index (χ3v) is 11.2. The molecular weight excluding hydrogens is 548 g/mol. The Kier molecular flexibility index (Phi) is 9.56. The summed E-state index contributed by atoms with van der Waals surface area (Å²) in [6, 6.07) is 12.8. The first-order valence-electron chi connectivity index (χ1n) is 17.3. The Bertz CT molecular complexity index is 1310. The van der Waals surface area contributed by atoms with E-state index < -0.39 is 0 Å². The van der Waals surface area contributed by atoms with Gasteiger partial charge in [0.2, 0.25) is 5.91 Å². The largest absolute Gasteiger partial charge is 0.508 e. The van der Waals surface area contributed by atoms with E-state index in [0.717, 1.165) is 88.7 Å². The molecule has 2 aliphatic carbocycles. The third kappa shape index (κ3) is 5.52. The number of hydrogen-bond acceptors (Lipinski definition) is 5. The number of rotatable bonds is 15. The summed E-state index contributed by atoms with van der Waals surface area (Å²) in [7, 11) is 1.66. The maximum atomic E-state index is 14.0. The van der Waals surface area contributed by atoms with E-state index >= 15 is 0 Å². The molecule has 238 valence electrons. The Morgan fingerprint density at radius 1 is 1.16 bits per heavy atom. The molecule has 6 rings (SSSR count). The van der Waals surface area contributed by atoms with Crippen molar-refractivity contribution >= 4 is 5.91 Å². The highest BCUT2D eigenvalue weighted by molar-refractivity contribution is 5.77. The van der Waals surface area contributed by atoms with Gasteiger partial charge < -0.3 is 19.5 Å². The zero-order chi connectivity index (χ0) is 30.7. The molecule has 44 heavy (non-hydrogen) atoms. The van der Waals surface area contributed by atoms with E-state index in [2.05, 4.69) is 53.6 Å². The second-order valence-corrected chi connectivity index (χ2v) is 13.6.